The number of amides is 2. The summed E-state index contributed by atoms with van der Waals surface area (Å²) in [5.41, 5.74) is 3.71. The smallest absolute Gasteiger partial charge is 0.255 e. The molecule has 2 aliphatic rings. The van der Waals surface area contributed by atoms with Crippen LogP contribution in [0.4, 0.5) is 11.4 Å². The molecule has 0 aliphatic carbocycles. The number of hydrogen-bond acceptors (Lipinski definition) is 6. The second kappa shape index (κ2) is 10.6. The van der Waals surface area contributed by atoms with Gasteiger partial charge < -0.3 is 30.4 Å². The van der Waals surface area contributed by atoms with Crippen LogP contribution in [-0.4, -0.2) is 54.2 Å². The van der Waals surface area contributed by atoms with Crippen molar-refractivity contribution >= 4 is 34.8 Å². The molecule has 1 fully saturated rings. The van der Waals surface area contributed by atoms with E-state index in [-0.39, 0.29) is 18.4 Å². The lowest BCUT2D eigenvalue weighted by atomic mass is 9.97. The van der Waals surface area contributed by atoms with Crippen LogP contribution in [0.15, 0.2) is 49.3 Å². The number of anilines is 2. The lowest BCUT2D eigenvalue weighted by molar-refractivity contribution is -0.117. The Morgan fingerprint density at radius 1 is 1.37 bits per heavy atom. The van der Waals surface area contributed by atoms with Crippen molar-refractivity contribution in [3.8, 4) is 28.8 Å². The van der Waals surface area contributed by atoms with Gasteiger partial charge in [0.2, 0.25) is 5.91 Å². The summed E-state index contributed by atoms with van der Waals surface area (Å²) in [5.74, 6) is 6.36. The highest BCUT2D eigenvalue weighted by atomic mass is 35.5. The van der Waals surface area contributed by atoms with Crippen molar-refractivity contribution in [1.29, 1.82) is 0 Å². The molecule has 3 aromatic rings. The van der Waals surface area contributed by atoms with Crippen LogP contribution >= 0.6 is 11.6 Å². The second-order valence-electron chi connectivity index (χ2n) is 8.93. The molecule has 38 heavy (non-hydrogen) atoms. The van der Waals surface area contributed by atoms with Crippen LogP contribution < -0.4 is 20.7 Å². The average molecular weight is 532 g/mol. The average Bonchev–Trinajstić information content (AvgIpc) is 3.53. The van der Waals surface area contributed by atoms with Crippen LogP contribution in [0.25, 0.3) is 11.3 Å². The number of fused-ring (bicyclic) bond motifs is 1. The maximum absolute atomic E-state index is 13.0. The minimum absolute atomic E-state index is 0.187. The van der Waals surface area contributed by atoms with E-state index < -0.39 is 5.54 Å². The minimum atomic E-state index is -0.831. The second-order valence-corrected chi connectivity index (χ2v) is 9.34. The van der Waals surface area contributed by atoms with E-state index in [1.807, 2.05) is 12.1 Å². The highest BCUT2D eigenvalue weighted by Crippen LogP contribution is 2.41. The van der Waals surface area contributed by atoms with Crippen LogP contribution in [0.1, 0.15) is 28.0 Å². The van der Waals surface area contributed by atoms with Crippen molar-refractivity contribution in [2.75, 3.05) is 32.2 Å². The molecule has 0 spiro atoms. The Bertz CT molecular complexity index is 1480. The Labute approximate surface area is 225 Å². The van der Waals surface area contributed by atoms with Crippen molar-refractivity contribution in [1.82, 2.24) is 20.6 Å². The van der Waals surface area contributed by atoms with E-state index in [9.17, 15) is 9.59 Å². The fourth-order valence-corrected chi connectivity index (χ4v) is 4.89. The monoisotopic (exact) mass is 531 g/mol. The number of halogens is 1. The first kappa shape index (κ1) is 25.4. The number of nitrogens with zero attached hydrogens (tertiary/aromatic N) is 1. The summed E-state index contributed by atoms with van der Waals surface area (Å²) in [6, 6.07) is 7.19. The summed E-state index contributed by atoms with van der Waals surface area (Å²) in [4.78, 5) is 32.8. The number of aromatic nitrogens is 2. The van der Waals surface area contributed by atoms with Crippen molar-refractivity contribution < 1.29 is 19.1 Å². The SMILES string of the molecule is C=CC(=O)N[C@]1(C#Cc2cnccc2-c2[nH]c3c(c2Nc2cccc(Cl)c2OC)C(=O)NCC3)CCOC1. The zero-order valence-corrected chi connectivity index (χ0v) is 21.5. The lowest BCUT2D eigenvalue weighted by Gasteiger charge is -2.21. The van der Waals surface area contributed by atoms with E-state index in [1.54, 1.807) is 24.5 Å². The standard InChI is InChI=1S/C28H26ClN5O4/c1-3-22(35)34-28(11-14-38-16-28)10-7-17-15-30-12-8-18(17)24-25(23-20(32-24)9-13-31-27(23)36)33-21-6-4-5-19(29)26(21)37-2/h3-6,8,12,15,32-33H,1,9,11,13-14,16H2,2H3,(H,31,36)(H,34,35)/t28-/m1/s1. The van der Waals surface area contributed by atoms with Gasteiger partial charge in [0.05, 0.1) is 53.5 Å². The van der Waals surface area contributed by atoms with Gasteiger partial charge in [-0.1, -0.05) is 36.1 Å². The third kappa shape index (κ3) is 4.84. The number of methoxy groups -OCH3 is 1. The van der Waals surface area contributed by atoms with Crippen LogP contribution in [0.5, 0.6) is 5.75 Å². The van der Waals surface area contributed by atoms with Crippen molar-refractivity contribution in [2.45, 2.75) is 18.4 Å². The first-order valence-electron chi connectivity index (χ1n) is 12.1. The van der Waals surface area contributed by atoms with Gasteiger partial charge in [-0.2, -0.15) is 0 Å². The molecule has 4 N–H and O–H groups in total. The molecule has 2 aliphatic heterocycles. The summed E-state index contributed by atoms with van der Waals surface area (Å²) in [5, 5.41) is 9.64. The Kier molecular flexibility index (Phi) is 7.09. The quantitative estimate of drug-likeness (QED) is 0.285. The maximum atomic E-state index is 13.0. The van der Waals surface area contributed by atoms with Crippen molar-refractivity contribution in [3.63, 3.8) is 0 Å². The molecule has 2 aromatic heterocycles. The van der Waals surface area contributed by atoms with Gasteiger partial charge in [-0.25, -0.2) is 0 Å². The molecule has 0 unspecified atom stereocenters. The third-order valence-electron chi connectivity index (χ3n) is 6.49. The van der Waals surface area contributed by atoms with Crippen molar-refractivity contribution in [2.24, 2.45) is 0 Å². The summed E-state index contributed by atoms with van der Waals surface area (Å²) in [7, 11) is 1.54. The molecule has 1 aromatic carbocycles. The molecular formula is C28H26ClN5O4. The number of aromatic amines is 1. The molecular weight excluding hydrogens is 506 g/mol. The first-order chi connectivity index (χ1) is 18.4. The molecule has 1 atom stereocenters. The Morgan fingerprint density at radius 2 is 2.24 bits per heavy atom. The van der Waals surface area contributed by atoms with Gasteiger partial charge in [-0.3, -0.25) is 14.6 Å². The number of benzene rings is 1. The third-order valence-corrected chi connectivity index (χ3v) is 6.79. The van der Waals surface area contributed by atoms with Gasteiger partial charge in [0.15, 0.2) is 5.75 Å². The number of nitrogens with one attached hydrogen (secondary N) is 4. The molecule has 2 amide bonds. The number of carbonyl (C=O) groups excluding carboxylic acids is 2. The summed E-state index contributed by atoms with van der Waals surface area (Å²) in [6.07, 6.45) is 5.73. The van der Waals surface area contributed by atoms with E-state index >= 15 is 0 Å². The van der Waals surface area contributed by atoms with E-state index in [0.29, 0.717) is 65.0 Å². The van der Waals surface area contributed by atoms with Gasteiger partial charge >= 0.3 is 0 Å². The number of pyridine rings is 1. The molecule has 4 heterocycles. The number of ether oxygens (including phenoxy) is 2. The molecule has 0 saturated carbocycles. The van der Waals surface area contributed by atoms with E-state index in [0.717, 1.165) is 11.3 Å². The van der Waals surface area contributed by atoms with Crippen molar-refractivity contribution in [3.05, 3.63) is 71.2 Å². The Balaban J connectivity index is 1.63. The fourth-order valence-electron chi connectivity index (χ4n) is 4.63. The maximum Gasteiger partial charge on any atom is 0.255 e. The summed E-state index contributed by atoms with van der Waals surface area (Å²) < 4.78 is 11.1. The zero-order chi connectivity index (χ0) is 26.7. The molecule has 9 nitrogen and oxygen atoms in total. The molecule has 0 radical (unpaired) electrons. The number of hydrogen-bond donors (Lipinski definition) is 4. The normalized spacial score (nSPS) is 18.0. The fraction of sp³-hybridized carbons (Fsp3) is 0.250. The van der Waals surface area contributed by atoms with Gasteiger partial charge in [-0.15, -0.1) is 0 Å². The van der Waals surface area contributed by atoms with Gasteiger partial charge in [0.1, 0.15) is 5.54 Å². The summed E-state index contributed by atoms with van der Waals surface area (Å²) >= 11 is 6.36. The lowest BCUT2D eigenvalue weighted by Crippen LogP contribution is -2.47. The Morgan fingerprint density at radius 3 is 3.00 bits per heavy atom. The summed E-state index contributed by atoms with van der Waals surface area (Å²) in [6.45, 7) is 4.82. The topological polar surface area (TPSA) is 117 Å². The molecule has 10 heteroatoms. The largest absolute Gasteiger partial charge is 0.493 e. The number of para-hydroxylation sites is 1. The van der Waals surface area contributed by atoms with Crippen LogP contribution in [0.2, 0.25) is 5.02 Å². The van der Waals surface area contributed by atoms with E-state index in [2.05, 4.69) is 44.3 Å². The first-order valence-corrected chi connectivity index (χ1v) is 12.4. The number of H-pyrrole nitrogens is 1. The molecule has 0 bridgehead atoms. The van der Waals surface area contributed by atoms with Crippen LogP contribution in [0, 0.1) is 11.8 Å². The number of carbonyl (C=O) groups is 2. The molecule has 194 valence electrons. The highest BCUT2D eigenvalue weighted by molar-refractivity contribution is 6.32. The zero-order valence-electron chi connectivity index (χ0n) is 20.7. The Hall–Kier alpha value is -4.26. The van der Waals surface area contributed by atoms with Crippen LogP contribution in [-0.2, 0) is 16.0 Å². The molecule has 1 saturated heterocycles. The van der Waals surface area contributed by atoms with E-state index in [1.165, 1.54) is 13.2 Å². The van der Waals surface area contributed by atoms with Gasteiger partial charge in [0, 0.05) is 43.0 Å². The predicted octanol–water partition coefficient (Wildman–Crippen LogP) is 3.58. The van der Waals surface area contributed by atoms with E-state index in [4.69, 9.17) is 21.1 Å². The van der Waals surface area contributed by atoms with Crippen LogP contribution in [0.3, 0.4) is 0 Å². The van der Waals surface area contributed by atoms with Gasteiger partial charge in [0.25, 0.3) is 5.91 Å². The number of rotatable bonds is 6. The highest BCUT2D eigenvalue weighted by Gasteiger charge is 2.34. The molecule has 5 rings (SSSR count). The minimum Gasteiger partial charge on any atom is -0.493 e. The predicted molar refractivity (Wildman–Crippen MR) is 145 cm³/mol. The van der Waals surface area contributed by atoms with Gasteiger partial charge in [-0.05, 0) is 24.3 Å².